The molecule has 1 aromatic heterocycles. The highest BCUT2D eigenvalue weighted by atomic mass is 79.9. The van der Waals surface area contributed by atoms with E-state index in [1.165, 1.54) is 0 Å². The Balaban J connectivity index is 3.04. The summed E-state index contributed by atoms with van der Waals surface area (Å²) < 4.78 is 2.39. The molecule has 1 aromatic rings. The predicted octanol–water partition coefficient (Wildman–Crippen LogP) is 1.80. The first kappa shape index (κ1) is 5.31. The molecule has 0 aromatic carbocycles. The molecule has 0 spiro atoms. The summed E-state index contributed by atoms with van der Waals surface area (Å²) in [6, 6.07) is 1.84. The van der Waals surface area contributed by atoms with Crippen LogP contribution in [0.3, 0.4) is 0 Å². The minimum atomic E-state index is 0.837. The Morgan fingerprint density at radius 2 is 2.43 bits per heavy atom. The van der Waals surface area contributed by atoms with E-state index in [9.17, 15) is 0 Å². The molecule has 0 saturated heterocycles. The average Bonchev–Trinajstić information content (AvgIpc) is 1.87. The molecule has 7 heavy (non-hydrogen) atoms. The monoisotopic (exact) mass is 224 g/mol. The number of hydrogen-bond donors (Lipinski definition) is 0. The van der Waals surface area contributed by atoms with Crippen LogP contribution in [-0.4, -0.2) is 8.81 Å². The molecular formula is C3H2Br2N2. The number of hydrogen-bond acceptors (Lipinski definition) is 1. The number of aromatic nitrogens is 2. The van der Waals surface area contributed by atoms with Crippen molar-refractivity contribution in [2.75, 3.05) is 0 Å². The van der Waals surface area contributed by atoms with Crippen molar-refractivity contribution in [1.82, 2.24) is 8.81 Å². The van der Waals surface area contributed by atoms with E-state index >= 15 is 0 Å². The standard InChI is InChI=1S/C3H2Br2N2/c4-3-1-2-7(5)6-3/h1-2H. The van der Waals surface area contributed by atoms with Gasteiger partial charge in [-0.25, -0.2) is 3.71 Å². The van der Waals surface area contributed by atoms with E-state index in [0.717, 1.165) is 4.60 Å². The van der Waals surface area contributed by atoms with Gasteiger partial charge in [-0.05, 0) is 22.0 Å². The second kappa shape index (κ2) is 1.96. The first-order chi connectivity index (χ1) is 3.29. The SMILES string of the molecule is Brc1ccn(Br)n1. The summed E-state index contributed by atoms with van der Waals surface area (Å²) in [6.07, 6.45) is 1.80. The summed E-state index contributed by atoms with van der Waals surface area (Å²) in [4.78, 5) is 0. The van der Waals surface area contributed by atoms with E-state index in [4.69, 9.17) is 0 Å². The third-order valence-corrected chi connectivity index (χ3v) is 1.34. The van der Waals surface area contributed by atoms with Crippen molar-refractivity contribution in [2.45, 2.75) is 0 Å². The van der Waals surface area contributed by atoms with Crippen LogP contribution in [0.15, 0.2) is 16.9 Å². The van der Waals surface area contributed by atoms with Gasteiger partial charge in [0.2, 0.25) is 0 Å². The lowest BCUT2D eigenvalue weighted by Gasteiger charge is -1.75. The van der Waals surface area contributed by atoms with Gasteiger partial charge in [0.1, 0.15) is 4.60 Å². The Labute approximate surface area is 58.0 Å². The normalized spacial score (nSPS) is 9.43. The quantitative estimate of drug-likeness (QED) is 0.659. The summed E-state index contributed by atoms with van der Waals surface area (Å²) in [5, 5.41) is 3.86. The molecule has 0 saturated carbocycles. The number of rotatable bonds is 0. The maximum Gasteiger partial charge on any atom is 0.129 e. The largest absolute Gasteiger partial charge is 0.204 e. The summed E-state index contributed by atoms with van der Waals surface area (Å²) >= 11 is 6.28. The van der Waals surface area contributed by atoms with E-state index in [1.54, 1.807) is 9.90 Å². The Hall–Kier alpha value is 0.170. The topological polar surface area (TPSA) is 17.8 Å². The molecule has 4 heteroatoms. The number of nitrogens with zero attached hydrogens (tertiary/aromatic N) is 2. The average molecular weight is 226 g/mol. The number of halogens is 2. The van der Waals surface area contributed by atoms with Crippen molar-refractivity contribution >= 4 is 32.1 Å². The maximum absolute atomic E-state index is 3.86. The molecule has 0 fully saturated rings. The second-order valence-electron chi connectivity index (χ2n) is 1.03. The minimum Gasteiger partial charge on any atom is -0.204 e. The highest BCUT2D eigenvalue weighted by molar-refractivity contribution is 9.10. The van der Waals surface area contributed by atoms with Crippen LogP contribution < -0.4 is 0 Å². The van der Waals surface area contributed by atoms with Gasteiger partial charge in [0.05, 0.1) is 16.1 Å². The molecule has 0 aliphatic carbocycles. The third-order valence-electron chi connectivity index (χ3n) is 0.526. The van der Waals surface area contributed by atoms with Crippen molar-refractivity contribution in [3.05, 3.63) is 16.9 Å². The molecule has 2 nitrogen and oxygen atoms in total. The van der Waals surface area contributed by atoms with E-state index in [1.807, 2.05) is 6.07 Å². The molecule has 1 rings (SSSR count). The molecule has 0 bridgehead atoms. The smallest absolute Gasteiger partial charge is 0.129 e. The zero-order valence-corrected chi connectivity index (χ0v) is 6.48. The van der Waals surface area contributed by atoms with Gasteiger partial charge in [0.15, 0.2) is 0 Å². The van der Waals surface area contributed by atoms with Crippen LogP contribution in [-0.2, 0) is 0 Å². The van der Waals surface area contributed by atoms with Gasteiger partial charge >= 0.3 is 0 Å². The Morgan fingerprint density at radius 1 is 1.71 bits per heavy atom. The summed E-state index contributed by atoms with van der Waals surface area (Å²) in [6.45, 7) is 0. The van der Waals surface area contributed by atoms with Crippen LogP contribution in [0.25, 0.3) is 0 Å². The van der Waals surface area contributed by atoms with Gasteiger partial charge in [-0.1, -0.05) is 0 Å². The Morgan fingerprint density at radius 3 is 2.57 bits per heavy atom. The molecule has 0 amide bonds. The van der Waals surface area contributed by atoms with Gasteiger partial charge in [0.25, 0.3) is 0 Å². The molecule has 0 N–H and O–H groups in total. The van der Waals surface area contributed by atoms with Crippen molar-refractivity contribution in [2.24, 2.45) is 0 Å². The molecule has 0 aliphatic heterocycles. The lowest BCUT2D eigenvalue weighted by Crippen LogP contribution is -1.74. The van der Waals surface area contributed by atoms with Gasteiger partial charge in [-0.2, -0.15) is 5.10 Å². The van der Waals surface area contributed by atoms with Crippen LogP contribution in [0.1, 0.15) is 0 Å². The van der Waals surface area contributed by atoms with Crippen LogP contribution in [0.4, 0.5) is 0 Å². The minimum absolute atomic E-state index is 0.837. The van der Waals surface area contributed by atoms with Crippen molar-refractivity contribution in [3.63, 3.8) is 0 Å². The fourth-order valence-electron chi connectivity index (χ4n) is 0.281. The highest BCUT2D eigenvalue weighted by Gasteiger charge is 1.85. The molecule has 0 unspecified atom stereocenters. The summed E-state index contributed by atoms with van der Waals surface area (Å²) in [5.74, 6) is 0. The molecular weight excluding hydrogens is 224 g/mol. The Bertz CT molecular complexity index is 143. The fraction of sp³-hybridized carbons (Fsp3) is 0. The molecule has 0 aliphatic rings. The van der Waals surface area contributed by atoms with E-state index in [0.29, 0.717) is 0 Å². The maximum atomic E-state index is 3.86. The molecule has 0 radical (unpaired) electrons. The first-order valence-electron chi connectivity index (χ1n) is 1.66. The van der Waals surface area contributed by atoms with Gasteiger partial charge < -0.3 is 0 Å². The lowest BCUT2D eigenvalue weighted by atomic mass is 10.8. The second-order valence-corrected chi connectivity index (χ2v) is 2.57. The van der Waals surface area contributed by atoms with Crippen molar-refractivity contribution in [3.8, 4) is 0 Å². The van der Waals surface area contributed by atoms with Gasteiger partial charge in [-0.15, -0.1) is 0 Å². The van der Waals surface area contributed by atoms with Crippen LogP contribution in [0.2, 0.25) is 0 Å². The third kappa shape index (κ3) is 1.28. The van der Waals surface area contributed by atoms with Gasteiger partial charge in [0, 0.05) is 6.20 Å². The summed E-state index contributed by atoms with van der Waals surface area (Å²) in [5.41, 5.74) is 0. The van der Waals surface area contributed by atoms with E-state index in [2.05, 4.69) is 37.2 Å². The highest BCUT2D eigenvalue weighted by Crippen LogP contribution is 2.04. The zero-order valence-electron chi connectivity index (χ0n) is 3.31. The fourth-order valence-corrected chi connectivity index (χ4v) is 1.07. The van der Waals surface area contributed by atoms with Crippen molar-refractivity contribution in [1.29, 1.82) is 0 Å². The molecule has 38 valence electrons. The molecule has 1 heterocycles. The zero-order chi connectivity index (χ0) is 5.28. The van der Waals surface area contributed by atoms with E-state index in [-0.39, 0.29) is 0 Å². The molecule has 0 atom stereocenters. The van der Waals surface area contributed by atoms with Crippen LogP contribution >= 0.6 is 32.1 Å². The van der Waals surface area contributed by atoms with Crippen LogP contribution in [0, 0.1) is 0 Å². The van der Waals surface area contributed by atoms with E-state index < -0.39 is 0 Å². The van der Waals surface area contributed by atoms with Crippen LogP contribution in [0.5, 0.6) is 0 Å². The predicted molar refractivity (Wildman–Crippen MR) is 34.3 cm³/mol. The van der Waals surface area contributed by atoms with Crippen molar-refractivity contribution < 1.29 is 0 Å². The Kier molecular flexibility index (Phi) is 1.49. The lowest BCUT2D eigenvalue weighted by molar-refractivity contribution is 1.02. The summed E-state index contributed by atoms with van der Waals surface area (Å²) in [7, 11) is 0. The first-order valence-corrected chi connectivity index (χ1v) is 3.16. The van der Waals surface area contributed by atoms with Gasteiger partial charge in [-0.3, -0.25) is 0 Å².